The zero-order valence-corrected chi connectivity index (χ0v) is 22.9. The minimum atomic E-state index is -0.450. The number of benzene rings is 2. The van der Waals surface area contributed by atoms with Crippen molar-refractivity contribution in [1.29, 1.82) is 0 Å². The van der Waals surface area contributed by atoms with E-state index in [1.165, 1.54) is 17.6 Å². The van der Waals surface area contributed by atoms with Crippen molar-refractivity contribution in [3.8, 4) is 11.5 Å². The van der Waals surface area contributed by atoms with Crippen LogP contribution in [0.15, 0.2) is 42.5 Å². The maximum Gasteiger partial charge on any atom is 0.343 e. The lowest BCUT2D eigenvalue weighted by Gasteiger charge is -2.36. The first-order valence-corrected chi connectivity index (χ1v) is 13.7. The summed E-state index contributed by atoms with van der Waals surface area (Å²) in [5.41, 5.74) is 4.67. The molecule has 0 unspecified atom stereocenters. The highest BCUT2D eigenvalue weighted by Crippen LogP contribution is 2.47. The Morgan fingerprint density at radius 2 is 1.86 bits per heavy atom. The van der Waals surface area contributed by atoms with E-state index in [9.17, 15) is 9.59 Å². The molecule has 37 heavy (non-hydrogen) atoms. The van der Waals surface area contributed by atoms with Gasteiger partial charge in [0.05, 0.1) is 18.2 Å². The molecule has 0 saturated carbocycles. The van der Waals surface area contributed by atoms with E-state index < -0.39 is 12.1 Å². The van der Waals surface area contributed by atoms with Crippen molar-refractivity contribution in [2.75, 3.05) is 12.4 Å². The molecule has 0 bridgehead atoms. The van der Waals surface area contributed by atoms with Gasteiger partial charge in [-0.25, -0.2) is 4.79 Å². The lowest BCUT2D eigenvalue weighted by molar-refractivity contribution is 0.0729. The number of aryl methyl sites for hydroxylation is 1. The third kappa shape index (κ3) is 4.85. The SMILES string of the molecule is CCC(C)(C)[C@@H]1CCc2c(sc3c2C(=O)N[C@@H](c2ccc(OC(=O)c4ccc(C)cc4)c(OC)c2)N3)C1. The van der Waals surface area contributed by atoms with Crippen LogP contribution in [0.25, 0.3) is 0 Å². The van der Waals surface area contributed by atoms with Gasteiger partial charge in [-0.1, -0.05) is 51.0 Å². The number of esters is 1. The van der Waals surface area contributed by atoms with Crippen LogP contribution in [0, 0.1) is 18.3 Å². The van der Waals surface area contributed by atoms with Gasteiger partial charge in [0.1, 0.15) is 11.2 Å². The molecular formula is C30H34N2O4S. The van der Waals surface area contributed by atoms with Gasteiger partial charge in [-0.05, 0) is 72.9 Å². The highest BCUT2D eigenvalue weighted by Gasteiger charge is 2.37. The van der Waals surface area contributed by atoms with Crippen LogP contribution in [-0.2, 0) is 12.8 Å². The molecule has 7 heteroatoms. The molecule has 0 saturated heterocycles. The van der Waals surface area contributed by atoms with E-state index in [1.807, 2.05) is 25.1 Å². The third-order valence-electron chi connectivity index (χ3n) is 8.07. The van der Waals surface area contributed by atoms with Gasteiger partial charge in [-0.3, -0.25) is 4.79 Å². The normalized spacial score (nSPS) is 18.8. The second kappa shape index (κ2) is 9.86. The molecule has 194 valence electrons. The Labute approximate surface area is 222 Å². The number of fused-ring (bicyclic) bond motifs is 3. The number of amides is 1. The quantitative estimate of drug-likeness (QED) is 0.281. The van der Waals surface area contributed by atoms with Crippen LogP contribution in [0.4, 0.5) is 5.00 Å². The molecule has 2 N–H and O–H groups in total. The number of thiophene rings is 1. The van der Waals surface area contributed by atoms with E-state index in [0.717, 1.165) is 47.4 Å². The van der Waals surface area contributed by atoms with Crippen LogP contribution < -0.4 is 20.1 Å². The molecule has 5 rings (SSSR count). The van der Waals surface area contributed by atoms with Crippen molar-refractivity contribution in [2.24, 2.45) is 11.3 Å². The van der Waals surface area contributed by atoms with Crippen LogP contribution in [0.5, 0.6) is 11.5 Å². The number of carbonyl (C=O) groups is 2. The standard InChI is InChI=1S/C30H34N2O4S/c1-6-30(3,4)20-12-13-21-24(16-20)37-28-25(21)27(33)31-26(32-28)19-11-14-22(23(15-19)35-5)36-29(34)18-9-7-17(2)8-10-18/h7-11,14-15,20,26,32H,6,12-13,16H2,1-5H3,(H,31,33)/t20-,26-/m1/s1. The van der Waals surface area contributed by atoms with E-state index >= 15 is 0 Å². The average Bonchev–Trinajstić information content (AvgIpc) is 3.27. The van der Waals surface area contributed by atoms with Gasteiger partial charge in [0, 0.05) is 4.88 Å². The highest BCUT2D eigenvalue weighted by atomic mass is 32.1. The number of ether oxygens (including phenoxy) is 2. The Morgan fingerprint density at radius 1 is 1.11 bits per heavy atom. The summed E-state index contributed by atoms with van der Waals surface area (Å²) in [6.07, 6.45) is 3.84. The number of hydrogen-bond donors (Lipinski definition) is 2. The molecule has 2 aliphatic rings. The molecule has 2 atom stereocenters. The number of rotatable bonds is 6. The van der Waals surface area contributed by atoms with E-state index in [0.29, 0.717) is 28.4 Å². The van der Waals surface area contributed by atoms with Crippen LogP contribution in [0.2, 0.25) is 0 Å². The second-order valence-corrected chi connectivity index (χ2v) is 11.8. The second-order valence-electron chi connectivity index (χ2n) is 10.7. The van der Waals surface area contributed by atoms with Gasteiger partial charge in [-0.15, -0.1) is 11.3 Å². The molecule has 2 heterocycles. The highest BCUT2D eigenvalue weighted by molar-refractivity contribution is 7.16. The van der Waals surface area contributed by atoms with Crippen molar-refractivity contribution >= 4 is 28.2 Å². The Morgan fingerprint density at radius 3 is 2.57 bits per heavy atom. The maximum absolute atomic E-state index is 13.2. The van der Waals surface area contributed by atoms with Gasteiger partial charge in [-0.2, -0.15) is 0 Å². The summed E-state index contributed by atoms with van der Waals surface area (Å²) in [5.74, 6) is 0.890. The fourth-order valence-corrected chi connectivity index (χ4v) is 6.57. The number of methoxy groups -OCH3 is 1. The van der Waals surface area contributed by atoms with Crippen molar-refractivity contribution in [1.82, 2.24) is 5.32 Å². The zero-order valence-electron chi connectivity index (χ0n) is 22.1. The number of hydrogen-bond acceptors (Lipinski definition) is 6. The predicted octanol–water partition coefficient (Wildman–Crippen LogP) is 6.68. The number of anilines is 1. The fraction of sp³-hybridized carbons (Fsp3) is 0.400. The van der Waals surface area contributed by atoms with E-state index in [1.54, 1.807) is 35.6 Å². The van der Waals surface area contributed by atoms with E-state index in [4.69, 9.17) is 9.47 Å². The summed E-state index contributed by atoms with van der Waals surface area (Å²) in [6, 6.07) is 12.6. The average molecular weight is 519 g/mol. The molecule has 1 aromatic heterocycles. The minimum Gasteiger partial charge on any atom is -0.493 e. The van der Waals surface area contributed by atoms with Crippen molar-refractivity contribution in [3.63, 3.8) is 0 Å². The summed E-state index contributed by atoms with van der Waals surface area (Å²) in [7, 11) is 1.54. The molecule has 3 aromatic rings. The third-order valence-corrected chi connectivity index (χ3v) is 9.26. The topological polar surface area (TPSA) is 76.7 Å². The predicted molar refractivity (Wildman–Crippen MR) is 147 cm³/mol. The zero-order chi connectivity index (χ0) is 26.3. The van der Waals surface area contributed by atoms with Crippen LogP contribution >= 0.6 is 11.3 Å². The Balaban J connectivity index is 1.36. The first-order chi connectivity index (χ1) is 17.7. The summed E-state index contributed by atoms with van der Waals surface area (Å²) in [5, 5.41) is 7.58. The molecule has 0 fully saturated rings. The molecule has 1 aliphatic heterocycles. The summed E-state index contributed by atoms with van der Waals surface area (Å²) in [4.78, 5) is 27.2. The van der Waals surface area contributed by atoms with Crippen molar-refractivity contribution in [3.05, 3.63) is 75.2 Å². The van der Waals surface area contributed by atoms with Gasteiger partial charge in [0.15, 0.2) is 11.5 Å². The lowest BCUT2D eigenvalue weighted by Crippen LogP contribution is -2.38. The molecule has 0 radical (unpaired) electrons. The van der Waals surface area contributed by atoms with Gasteiger partial charge < -0.3 is 20.1 Å². The van der Waals surface area contributed by atoms with Crippen LogP contribution in [-0.4, -0.2) is 19.0 Å². The molecule has 6 nitrogen and oxygen atoms in total. The largest absolute Gasteiger partial charge is 0.493 e. The van der Waals surface area contributed by atoms with Crippen LogP contribution in [0.3, 0.4) is 0 Å². The first kappa shape index (κ1) is 25.3. The lowest BCUT2D eigenvalue weighted by atomic mass is 9.69. The summed E-state index contributed by atoms with van der Waals surface area (Å²) >= 11 is 1.72. The fourth-order valence-electron chi connectivity index (χ4n) is 5.22. The summed E-state index contributed by atoms with van der Waals surface area (Å²) in [6.45, 7) is 8.93. The number of nitrogens with one attached hydrogen (secondary N) is 2. The molecule has 1 amide bonds. The number of carbonyl (C=O) groups excluding carboxylic acids is 2. The van der Waals surface area contributed by atoms with Gasteiger partial charge in [0.25, 0.3) is 5.91 Å². The molecule has 0 spiro atoms. The first-order valence-electron chi connectivity index (χ1n) is 12.9. The molecular weight excluding hydrogens is 484 g/mol. The molecule has 1 aliphatic carbocycles. The Kier molecular flexibility index (Phi) is 6.75. The van der Waals surface area contributed by atoms with Crippen LogP contribution in [0.1, 0.15) is 82.1 Å². The van der Waals surface area contributed by atoms with Crippen molar-refractivity contribution in [2.45, 2.75) is 59.5 Å². The monoisotopic (exact) mass is 518 g/mol. The van der Waals surface area contributed by atoms with E-state index in [-0.39, 0.29) is 5.91 Å². The van der Waals surface area contributed by atoms with E-state index in [2.05, 4.69) is 31.4 Å². The maximum atomic E-state index is 13.2. The Bertz CT molecular complexity index is 1340. The van der Waals surface area contributed by atoms with Gasteiger partial charge >= 0.3 is 5.97 Å². The summed E-state index contributed by atoms with van der Waals surface area (Å²) < 4.78 is 11.1. The van der Waals surface area contributed by atoms with Crippen molar-refractivity contribution < 1.29 is 19.1 Å². The Hall–Kier alpha value is -3.32. The minimum absolute atomic E-state index is 0.0432. The smallest absolute Gasteiger partial charge is 0.343 e. The molecule has 2 aromatic carbocycles. The van der Waals surface area contributed by atoms with Gasteiger partial charge in [0.2, 0.25) is 0 Å².